The number of carboxylic acids is 1. The topological polar surface area (TPSA) is 54.6 Å². The minimum absolute atomic E-state index is 0.351. The van der Waals surface area contributed by atoms with E-state index >= 15 is 0 Å². The molecule has 5 heteroatoms. The average molecular weight is 264 g/mol. The van der Waals surface area contributed by atoms with Crippen LogP contribution in [0.2, 0.25) is 0 Å². The van der Waals surface area contributed by atoms with Gasteiger partial charge in [-0.1, -0.05) is 13.0 Å². The van der Waals surface area contributed by atoms with Crippen molar-refractivity contribution < 1.29 is 9.90 Å². The molecule has 0 radical (unpaired) electrons. The molecule has 1 atom stereocenters. The zero-order chi connectivity index (χ0) is 13.1. The number of aliphatic carboxylic acids is 1. The molecule has 0 fully saturated rings. The zero-order valence-corrected chi connectivity index (χ0v) is 11.3. The molecule has 0 saturated carbocycles. The Bertz CT molecular complexity index is 565. The minimum Gasteiger partial charge on any atom is -0.480 e. The third kappa shape index (κ3) is 2.67. The van der Waals surface area contributed by atoms with Gasteiger partial charge in [0.1, 0.15) is 10.9 Å². The Morgan fingerprint density at radius 1 is 1.61 bits per heavy atom. The van der Waals surface area contributed by atoms with Crippen LogP contribution in [-0.2, 0) is 10.5 Å². The number of carbonyl (C=O) groups is 1. The molecule has 0 aliphatic rings. The molecule has 18 heavy (non-hydrogen) atoms. The fourth-order valence-electron chi connectivity index (χ4n) is 1.82. The van der Waals surface area contributed by atoms with Crippen LogP contribution in [0.1, 0.15) is 24.6 Å². The number of hydrogen-bond acceptors (Lipinski definition) is 3. The van der Waals surface area contributed by atoms with Crippen LogP contribution in [-0.4, -0.2) is 25.7 Å². The van der Waals surface area contributed by atoms with Crippen LogP contribution >= 0.6 is 11.8 Å². The molecule has 0 aromatic carbocycles. The predicted molar refractivity (Wildman–Crippen MR) is 72.9 cm³/mol. The van der Waals surface area contributed by atoms with Gasteiger partial charge in [-0.2, -0.15) is 0 Å². The molecule has 4 nitrogen and oxygen atoms in total. The first-order valence-electron chi connectivity index (χ1n) is 5.89. The summed E-state index contributed by atoms with van der Waals surface area (Å²) in [7, 11) is 0. The molecule has 1 unspecified atom stereocenters. The number of aromatic nitrogens is 2. The lowest BCUT2D eigenvalue weighted by Gasteiger charge is -2.07. The second-order valence-corrected chi connectivity index (χ2v) is 5.39. The van der Waals surface area contributed by atoms with E-state index in [2.05, 4.69) is 4.98 Å². The molecule has 2 heterocycles. The van der Waals surface area contributed by atoms with Crippen LogP contribution in [0.25, 0.3) is 5.65 Å². The van der Waals surface area contributed by atoms with Gasteiger partial charge in [0.05, 0.1) is 5.69 Å². The first kappa shape index (κ1) is 13.0. The second kappa shape index (κ2) is 5.44. The molecule has 0 bridgehead atoms. The molecule has 2 aromatic heterocycles. The average Bonchev–Trinajstić information content (AvgIpc) is 2.74. The number of carboxylic acid groups (broad SMARTS) is 1. The van der Waals surface area contributed by atoms with Crippen molar-refractivity contribution in [2.24, 2.45) is 0 Å². The molecule has 0 aliphatic carbocycles. The number of pyridine rings is 1. The number of nitrogens with zero attached hydrogens (tertiary/aromatic N) is 2. The lowest BCUT2D eigenvalue weighted by molar-refractivity contribution is -0.136. The third-order valence-corrected chi connectivity index (χ3v) is 4.21. The Morgan fingerprint density at radius 3 is 3.00 bits per heavy atom. The summed E-state index contributed by atoms with van der Waals surface area (Å²) in [5, 5.41) is 8.64. The monoisotopic (exact) mass is 264 g/mol. The summed E-state index contributed by atoms with van der Waals surface area (Å²) >= 11 is 1.43. The van der Waals surface area contributed by atoms with E-state index < -0.39 is 5.97 Å². The zero-order valence-electron chi connectivity index (χ0n) is 10.5. The number of thioether (sulfide) groups is 1. The Morgan fingerprint density at radius 2 is 2.39 bits per heavy atom. The predicted octanol–water partition coefficient (Wildman–Crippen LogP) is 2.74. The maximum absolute atomic E-state index is 10.9. The second-order valence-electron chi connectivity index (χ2n) is 4.20. The van der Waals surface area contributed by atoms with Gasteiger partial charge in [-0.05, 0) is 25.0 Å². The molecule has 96 valence electrons. The molecule has 2 rings (SSSR count). The Balaban J connectivity index is 2.13. The first-order valence-corrected chi connectivity index (χ1v) is 6.94. The standard InChI is InChI=1S/C13H16N2O2S/c1-3-11(13(16)17)18-8-10-7-15-6-4-5-9(2)12(15)14-10/h4-7,11H,3,8H2,1-2H3,(H,16,17). The smallest absolute Gasteiger partial charge is 0.316 e. The van der Waals surface area contributed by atoms with E-state index in [1.54, 1.807) is 0 Å². The van der Waals surface area contributed by atoms with E-state index in [0.29, 0.717) is 12.2 Å². The van der Waals surface area contributed by atoms with E-state index in [0.717, 1.165) is 16.9 Å². The van der Waals surface area contributed by atoms with E-state index in [1.165, 1.54) is 11.8 Å². The highest BCUT2D eigenvalue weighted by Crippen LogP contribution is 2.21. The highest BCUT2D eigenvalue weighted by atomic mass is 32.2. The molecular formula is C13H16N2O2S. The van der Waals surface area contributed by atoms with Crippen molar-refractivity contribution in [1.29, 1.82) is 0 Å². The Kier molecular flexibility index (Phi) is 3.91. The number of imidazole rings is 1. The fourth-order valence-corrected chi connectivity index (χ4v) is 2.71. The highest BCUT2D eigenvalue weighted by Gasteiger charge is 2.16. The largest absolute Gasteiger partial charge is 0.480 e. The fraction of sp³-hybridized carbons (Fsp3) is 0.385. The van der Waals surface area contributed by atoms with Gasteiger partial charge in [0.15, 0.2) is 0 Å². The van der Waals surface area contributed by atoms with Crippen molar-refractivity contribution in [2.45, 2.75) is 31.3 Å². The first-order chi connectivity index (χ1) is 8.61. The van der Waals surface area contributed by atoms with Crippen molar-refractivity contribution in [2.75, 3.05) is 0 Å². The molecule has 0 saturated heterocycles. The van der Waals surface area contributed by atoms with Gasteiger partial charge >= 0.3 is 5.97 Å². The van der Waals surface area contributed by atoms with Crippen molar-refractivity contribution >= 4 is 23.4 Å². The summed E-state index contributed by atoms with van der Waals surface area (Å²) in [4.78, 5) is 15.5. The number of fused-ring (bicyclic) bond motifs is 1. The van der Waals surface area contributed by atoms with E-state index in [9.17, 15) is 4.79 Å². The van der Waals surface area contributed by atoms with Gasteiger partial charge in [0.2, 0.25) is 0 Å². The van der Waals surface area contributed by atoms with Gasteiger partial charge in [-0.25, -0.2) is 4.98 Å². The van der Waals surface area contributed by atoms with Crippen LogP contribution in [0.15, 0.2) is 24.5 Å². The normalized spacial score (nSPS) is 12.8. The van der Waals surface area contributed by atoms with Gasteiger partial charge in [-0.3, -0.25) is 4.79 Å². The summed E-state index contributed by atoms with van der Waals surface area (Å²) in [6.45, 7) is 3.91. The molecule has 0 amide bonds. The van der Waals surface area contributed by atoms with Crippen molar-refractivity contribution in [1.82, 2.24) is 9.38 Å². The summed E-state index contributed by atoms with van der Waals surface area (Å²) < 4.78 is 1.98. The van der Waals surface area contributed by atoms with Crippen molar-refractivity contribution in [3.63, 3.8) is 0 Å². The van der Waals surface area contributed by atoms with E-state index in [-0.39, 0.29) is 5.25 Å². The summed E-state index contributed by atoms with van der Waals surface area (Å²) in [6, 6.07) is 4.00. The van der Waals surface area contributed by atoms with Crippen LogP contribution < -0.4 is 0 Å². The van der Waals surface area contributed by atoms with E-state index in [1.807, 2.05) is 42.8 Å². The van der Waals surface area contributed by atoms with Crippen LogP contribution in [0.5, 0.6) is 0 Å². The van der Waals surface area contributed by atoms with Gasteiger partial charge in [0, 0.05) is 18.1 Å². The van der Waals surface area contributed by atoms with Crippen molar-refractivity contribution in [3.8, 4) is 0 Å². The molecule has 2 aromatic rings. The summed E-state index contributed by atoms with van der Waals surface area (Å²) in [5.74, 6) is -0.117. The Hall–Kier alpha value is -1.49. The summed E-state index contributed by atoms with van der Waals surface area (Å²) in [6.07, 6.45) is 4.55. The van der Waals surface area contributed by atoms with Gasteiger partial charge in [0.25, 0.3) is 0 Å². The highest BCUT2D eigenvalue weighted by molar-refractivity contribution is 7.99. The van der Waals surface area contributed by atoms with Gasteiger partial charge < -0.3 is 9.51 Å². The number of rotatable bonds is 5. The maximum atomic E-state index is 10.9. The minimum atomic E-state index is -0.748. The van der Waals surface area contributed by atoms with Crippen LogP contribution in [0.4, 0.5) is 0 Å². The maximum Gasteiger partial charge on any atom is 0.316 e. The lowest BCUT2D eigenvalue weighted by atomic mass is 10.3. The SMILES string of the molecule is CCC(SCc1cn2cccc(C)c2n1)C(=O)O. The lowest BCUT2D eigenvalue weighted by Crippen LogP contribution is -2.15. The van der Waals surface area contributed by atoms with Crippen LogP contribution in [0.3, 0.4) is 0 Å². The van der Waals surface area contributed by atoms with Gasteiger partial charge in [-0.15, -0.1) is 11.8 Å². The number of hydrogen-bond donors (Lipinski definition) is 1. The Labute approximate surface area is 110 Å². The van der Waals surface area contributed by atoms with E-state index in [4.69, 9.17) is 5.11 Å². The molecule has 0 spiro atoms. The summed E-state index contributed by atoms with van der Waals surface area (Å²) in [5.41, 5.74) is 2.99. The molecule has 1 N–H and O–H groups in total. The molecule has 0 aliphatic heterocycles. The quantitative estimate of drug-likeness (QED) is 0.902. The van der Waals surface area contributed by atoms with Crippen molar-refractivity contribution in [3.05, 3.63) is 35.8 Å². The number of aryl methyl sites for hydroxylation is 1. The molecular weight excluding hydrogens is 248 g/mol. The third-order valence-electron chi connectivity index (χ3n) is 2.81. The van der Waals surface area contributed by atoms with Crippen LogP contribution in [0, 0.1) is 6.92 Å².